The van der Waals surface area contributed by atoms with Crippen molar-refractivity contribution in [3.63, 3.8) is 0 Å². The Balaban J connectivity index is 4.97. The second-order valence-electron chi connectivity index (χ2n) is 10.1. The predicted molar refractivity (Wildman–Crippen MR) is 113 cm³/mol. The molecule has 0 N–H and O–H groups in total. The topological polar surface area (TPSA) is 0 Å². The second kappa shape index (κ2) is 9.44. The number of hydrogen-bond donors (Lipinski definition) is 0. The highest BCUT2D eigenvalue weighted by atomic mass is 14.5. The van der Waals surface area contributed by atoms with Gasteiger partial charge in [-0.25, -0.2) is 0 Å². The number of unbranched alkanes of at least 4 members (excludes halogenated alkanes) is 5. The normalized spacial score (nSPS) is 14.6. The van der Waals surface area contributed by atoms with Gasteiger partial charge in [-0.3, -0.25) is 0 Å². The van der Waals surface area contributed by atoms with Crippen LogP contribution in [0.15, 0.2) is 11.1 Å². The fourth-order valence-electron chi connectivity index (χ4n) is 4.11. The van der Waals surface area contributed by atoms with Gasteiger partial charge in [0.15, 0.2) is 0 Å². The summed E-state index contributed by atoms with van der Waals surface area (Å²) in [4.78, 5) is 0. The maximum absolute atomic E-state index is 2.51. The summed E-state index contributed by atoms with van der Waals surface area (Å²) in [5.41, 5.74) is 3.82. The highest BCUT2D eigenvalue weighted by molar-refractivity contribution is 5.20. The van der Waals surface area contributed by atoms with Gasteiger partial charge in [-0.2, -0.15) is 0 Å². The van der Waals surface area contributed by atoms with E-state index in [1.54, 1.807) is 5.57 Å². The van der Waals surface area contributed by atoms with Gasteiger partial charge in [-0.15, -0.1) is 0 Å². The van der Waals surface area contributed by atoms with Crippen LogP contribution in [0, 0.1) is 22.2 Å². The molecule has 24 heavy (non-hydrogen) atoms. The fraction of sp³-hybridized carbons (Fsp3) is 0.917. The average molecular weight is 337 g/mol. The van der Waals surface area contributed by atoms with Crippen molar-refractivity contribution in [2.75, 3.05) is 0 Å². The van der Waals surface area contributed by atoms with Crippen LogP contribution in [-0.2, 0) is 0 Å². The largest absolute Gasteiger partial charge is 0.0769 e. The van der Waals surface area contributed by atoms with E-state index in [1.807, 2.05) is 0 Å². The fourth-order valence-corrected chi connectivity index (χ4v) is 4.11. The van der Waals surface area contributed by atoms with Crippen molar-refractivity contribution in [1.82, 2.24) is 0 Å². The monoisotopic (exact) mass is 336 g/mol. The summed E-state index contributed by atoms with van der Waals surface area (Å²) in [7, 11) is 0. The lowest BCUT2D eigenvalue weighted by Crippen LogP contribution is -2.48. The molecule has 0 amide bonds. The Morgan fingerprint density at radius 1 is 0.750 bits per heavy atom. The van der Waals surface area contributed by atoms with Crippen molar-refractivity contribution in [2.45, 2.75) is 121 Å². The smallest absolute Gasteiger partial charge is 0.00886 e. The predicted octanol–water partition coefficient (Wildman–Crippen LogP) is 8.81. The van der Waals surface area contributed by atoms with E-state index in [1.165, 1.54) is 50.5 Å². The molecule has 0 aromatic rings. The van der Waals surface area contributed by atoms with Gasteiger partial charge in [0.1, 0.15) is 0 Å². The van der Waals surface area contributed by atoms with Gasteiger partial charge in [0.2, 0.25) is 0 Å². The van der Waals surface area contributed by atoms with Crippen molar-refractivity contribution < 1.29 is 0 Å². The molecule has 0 bridgehead atoms. The first kappa shape index (κ1) is 23.7. The zero-order valence-electron chi connectivity index (χ0n) is 19.0. The molecule has 0 aliphatic carbocycles. The van der Waals surface area contributed by atoms with E-state index in [-0.39, 0.29) is 10.8 Å². The van der Waals surface area contributed by atoms with Crippen molar-refractivity contribution in [3.8, 4) is 0 Å². The van der Waals surface area contributed by atoms with Gasteiger partial charge in [0.25, 0.3) is 0 Å². The van der Waals surface area contributed by atoms with Gasteiger partial charge in [0.05, 0.1) is 0 Å². The van der Waals surface area contributed by atoms with Crippen molar-refractivity contribution in [2.24, 2.45) is 22.2 Å². The second-order valence-corrected chi connectivity index (χ2v) is 10.1. The molecule has 1 atom stereocenters. The minimum Gasteiger partial charge on any atom is -0.0769 e. The first-order valence-corrected chi connectivity index (χ1v) is 10.5. The van der Waals surface area contributed by atoms with Gasteiger partial charge in [-0.05, 0) is 42.9 Å². The molecule has 0 nitrogen and oxygen atoms in total. The quantitative estimate of drug-likeness (QED) is 0.261. The third-order valence-corrected chi connectivity index (χ3v) is 8.08. The Bertz CT molecular complexity index is 388. The molecular weight excluding hydrogens is 288 g/mol. The molecule has 0 fully saturated rings. The molecule has 144 valence electrons. The number of allylic oxidation sites excluding steroid dienone is 2. The third kappa shape index (κ3) is 5.37. The molecule has 0 saturated heterocycles. The SMILES string of the molecule is CCCCCCCCC(C)C(C)(C)C(C)(C)C(C)(C)C(C)=C(C)C. The molecule has 0 heterocycles. The average Bonchev–Trinajstić information content (AvgIpc) is 2.48. The molecule has 0 aromatic heterocycles. The van der Waals surface area contributed by atoms with Gasteiger partial charge < -0.3 is 0 Å². The molecule has 0 radical (unpaired) electrons. The maximum atomic E-state index is 2.51. The summed E-state index contributed by atoms with van der Waals surface area (Å²) in [5, 5.41) is 0. The highest BCUT2D eigenvalue weighted by Crippen LogP contribution is 2.58. The van der Waals surface area contributed by atoms with E-state index < -0.39 is 0 Å². The Hall–Kier alpha value is -0.260. The summed E-state index contributed by atoms with van der Waals surface area (Å²) in [6.07, 6.45) is 9.77. The Labute approximate surface area is 154 Å². The van der Waals surface area contributed by atoms with E-state index in [2.05, 4.69) is 76.2 Å². The summed E-state index contributed by atoms with van der Waals surface area (Å²) in [6.45, 7) is 26.6. The van der Waals surface area contributed by atoms with Crippen LogP contribution in [-0.4, -0.2) is 0 Å². The van der Waals surface area contributed by atoms with Crippen molar-refractivity contribution >= 4 is 0 Å². The minimum absolute atomic E-state index is 0.213. The molecule has 0 aliphatic rings. The first-order chi connectivity index (χ1) is 10.8. The van der Waals surface area contributed by atoms with Gasteiger partial charge in [-0.1, -0.05) is 111 Å². The summed E-state index contributed by atoms with van der Waals surface area (Å²) in [6, 6.07) is 0. The third-order valence-electron chi connectivity index (χ3n) is 8.08. The van der Waals surface area contributed by atoms with Crippen LogP contribution in [0.2, 0.25) is 0 Å². The van der Waals surface area contributed by atoms with E-state index in [0.29, 0.717) is 5.41 Å². The first-order valence-electron chi connectivity index (χ1n) is 10.5. The number of hydrogen-bond acceptors (Lipinski definition) is 0. The van der Waals surface area contributed by atoms with E-state index in [9.17, 15) is 0 Å². The Morgan fingerprint density at radius 2 is 1.21 bits per heavy atom. The lowest BCUT2D eigenvalue weighted by atomic mass is 9.49. The molecule has 0 rings (SSSR count). The van der Waals surface area contributed by atoms with Crippen LogP contribution in [0.25, 0.3) is 0 Å². The zero-order chi connectivity index (χ0) is 19.2. The summed E-state index contributed by atoms with van der Waals surface area (Å²) in [5.74, 6) is 0.753. The summed E-state index contributed by atoms with van der Waals surface area (Å²) < 4.78 is 0. The molecule has 0 heteroatoms. The van der Waals surface area contributed by atoms with Crippen LogP contribution in [0.1, 0.15) is 121 Å². The molecular formula is C24H48. The molecule has 0 aromatic carbocycles. The van der Waals surface area contributed by atoms with Crippen LogP contribution in [0.3, 0.4) is 0 Å². The van der Waals surface area contributed by atoms with Crippen molar-refractivity contribution in [3.05, 3.63) is 11.1 Å². The molecule has 0 saturated carbocycles. The number of rotatable bonds is 11. The van der Waals surface area contributed by atoms with Crippen molar-refractivity contribution in [1.29, 1.82) is 0 Å². The van der Waals surface area contributed by atoms with Crippen LogP contribution >= 0.6 is 0 Å². The standard InChI is InChI=1S/C24H48/c1-12-13-14-15-16-17-18-20(4)22(6,7)24(10,11)23(8,9)21(5)19(2)3/h20H,12-18H2,1-11H3. The summed E-state index contributed by atoms with van der Waals surface area (Å²) >= 11 is 0. The van der Waals surface area contributed by atoms with E-state index in [4.69, 9.17) is 0 Å². The molecule has 0 aliphatic heterocycles. The van der Waals surface area contributed by atoms with Crippen LogP contribution < -0.4 is 0 Å². The Morgan fingerprint density at radius 3 is 1.67 bits per heavy atom. The zero-order valence-corrected chi connectivity index (χ0v) is 19.0. The van der Waals surface area contributed by atoms with E-state index >= 15 is 0 Å². The van der Waals surface area contributed by atoms with Gasteiger partial charge in [0, 0.05) is 0 Å². The van der Waals surface area contributed by atoms with Gasteiger partial charge >= 0.3 is 0 Å². The van der Waals surface area contributed by atoms with Crippen LogP contribution in [0.5, 0.6) is 0 Å². The van der Waals surface area contributed by atoms with Crippen LogP contribution in [0.4, 0.5) is 0 Å². The maximum Gasteiger partial charge on any atom is -0.00886 e. The van der Waals surface area contributed by atoms with E-state index in [0.717, 1.165) is 5.92 Å². The highest BCUT2D eigenvalue weighted by Gasteiger charge is 2.50. The minimum atomic E-state index is 0.213. The lowest BCUT2D eigenvalue weighted by molar-refractivity contribution is -0.0380. The lowest BCUT2D eigenvalue weighted by Gasteiger charge is -2.56. The molecule has 1 unspecified atom stereocenters. The Kier molecular flexibility index (Phi) is 9.34. The molecule has 0 spiro atoms.